The molecule has 0 saturated carbocycles. The van der Waals surface area contributed by atoms with Gasteiger partial charge in [0.25, 0.3) is 0 Å². The summed E-state index contributed by atoms with van der Waals surface area (Å²) in [6.07, 6.45) is 1.87. The van der Waals surface area contributed by atoms with Crippen molar-refractivity contribution in [3.8, 4) is 0 Å². The predicted octanol–water partition coefficient (Wildman–Crippen LogP) is 0.684. The molecule has 0 aromatic heterocycles. The average molecular weight is 259 g/mol. The van der Waals surface area contributed by atoms with Crippen molar-refractivity contribution in [3.63, 3.8) is 0 Å². The molecule has 0 aliphatic carbocycles. The van der Waals surface area contributed by atoms with Crippen molar-refractivity contribution in [1.29, 1.82) is 0 Å². The molecule has 3 rings (SSSR count). The van der Waals surface area contributed by atoms with Gasteiger partial charge in [-0.25, -0.2) is 4.90 Å². The first-order valence-electron chi connectivity index (χ1n) is 6.63. The number of anilines is 2. The Bertz CT molecular complexity index is 535. The van der Waals surface area contributed by atoms with Crippen molar-refractivity contribution in [2.45, 2.75) is 19.3 Å². The highest BCUT2D eigenvalue weighted by molar-refractivity contribution is 6.19. The first-order chi connectivity index (χ1) is 9.16. The number of nitrogen functional groups attached to an aromatic ring is 1. The van der Waals surface area contributed by atoms with Crippen LogP contribution in [-0.4, -0.2) is 24.9 Å². The van der Waals surface area contributed by atoms with E-state index in [2.05, 4.69) is 5.32 Å². The van der Waals surface area contributed by atoms with E-state index < -0.39 is 0 Å². The van der Waals surface area contributed by atoms with Gasteiger partial charge in [-0.15, -0.1) is 0 Å². The summed E-state index contributed by atoms with van der Waals surface area (Å²) in [7, 11) is 0. The summed E-state index contributed by atoms with van der Waals surface area (Å²) >= 11 is 0. The van der Waals surface area contributed by atoms with Gasteiger partial charge in [0.1, 0.15) is 0 Å². The van der Waals surface area contributed by atoms with Gasteiger partial charge in [-0.1, -0.05) is 0 Å². The van der Waals surface area contributed by atoms with Gasteiger partial charge in [-0.3, -0.25) is 9.59 Å². The summed E-state index contributed by atoms with van der Waals surface area (Å²) in [5, 5.41) is 3.23. The standard InChI is InChI=1S/C14H17N3O2/c15-11-1-2-12-10(7-11)8-13(18)17(12)14(19)9-3-5-16-6-4-9/h1-2,7,9,16H,3-6,8,15H2. The van der Waals surface area contributed by atoms with Crippen LogP contribution in [0.4, 0.5) is 11.4 Å². The van der Waals surface area contributed by atoms with Gasteiger partial charge in [0.05, 0.1) is 12.1 Å². The number of nitrogens with one attached hydrogen (secondary N) is 1. The molecule has 5 heteroatoms. The highest BCUT2D eigenvalue weighted by Gasteiger charge is 2.36. The Morgan fingerprint density at radius 2 is 2.05 bits per heavy atom. The molecule has 3 N–H and O–H groups in total. The molecule has 1 saturated heterocycles. The van der Waals surface area contributed by atoms with Crippen LogP contribution in [0.1, 0.15) is 18.4 Å². The molecule has 100 valence electrons. The van der Waals surface area contributed by atoms with Gasteiger partial charge in [-0.05, 0) is 49.7 Å². The van der Waals surface area contributed by atoms with E-state index in [9.17, 15) is 9.59 Å². The van der Waals surface area contributed by atoms with Crippen molar-refractivity contribution in [3.05, 3.63) is 23.8 Å². The number of carbonyl (C=O) groups excluding carboxylic acids is 2. The Morgan fingerprint density at radius 1 is 1.32 bits per heavy atom. The van der Waals surface area contributed by atoms with Crippen LogP contribution in [0.5, 0.6) is 0 Å². The first-order valence-corrected chi connectivity index (χ1v) is 6.63. The minimum Gasteiger partial charge on any atom is -0.399 e. The Kier molecular flexibility index (Phi) is 2.98. The minimum absolute atomic E-state index is 0.0475. The molecule has 0 atom stereocenters. The lowest BCUT2D eigenvalue weighted by Gasteiger charge is -2.26. The lowest BCUT2D eigenvalue weighted by molar-refractivity contribution is -0.128. The molecule has 2 amide bonds. The summed E-state index contributed by atoms with van der Waals surface area (Å²) in [4.78, 5) is 25.9. The Labute approximate surface area is 111 Å². The van der Waals surface area contributed by atoms with E-state index in [-0.39, 0.29) is 24.2 Å². The second-order valence-corrected chi connectivity index (χ2v) is 5.16. The van der Waals surface area contributed by atoms with Crippen molar-refractivity contribution in [2.75, 3.05) is 23.7 Å². The Hall–Kier alpha value is -1.88. The second kappa shape index (κ2) is 4.66. The lowest BCUT2D eigenvalue weighted by atomic mass is 9.96. The van der Waals surface area contributed by atoms with Crippen molar-refractivity contribution >= 4 is 23.2 Å². The van der Waals surface area contributed by atoms with Crippen LogP contribution in [0.2, 0.25) is 0 Å². The van der Waals surface area contributed by atoms with E-state index >= 15 is 0 Å². The lowest BCUT2D eigenvalue weighted by Crippen LogP contribution is -2.42. The molecule has 0 radical (unpaired) electrons. The summed E-state index contributed by atoms with van der Waals surface area (Å²) in [5.74, 6) is -0.243. The number of piperidine rings is 1. The summed E-state index contributed by atoms with van der Waals surface area (Å²) in [6.45, 7) is 1.68. The van der Waals surface area contributed by atoms with Gasteiger partial charge in [0, 0.05) is 11.6 Å². The van der Waals surface area contributed by atoms with Crippen molar-refractivity contribution in [2.24, 2.45) is 5.92 Å². The molecule has 0 bridgehead atoms. The molecule has 5 nitrogen and oxygen atoms in total. The number of carbonyl (C=O) groups is 2. The molecule has 0 spiro atoms. The molecular weight excluding hydrogens is 242 g/mol. The van der Waals surface area contributed by atoms with E-state index in [4.69, 9.17) is 5.73 Å². The minimum atomic E-state index is -0.135. The fraction of sp³-hybridized carbons (Fsp3) is 0.429. The quantitative estimate of drug-likeness (QED) is 0.574. The number of imide groups is 1. The van der Waals surface area contributed by atoms with E-state index in [0.717, 1.165) is 31.5 Å². The fourth-order valence-corrected chi connectivity index (χ4v) is 2.83. The van der Waals surface area contributed by atoms with Gasteiger partial charge < -0.3 is 11.1 Å². The third-order valence-corrected chi connectivity index (χ3v) is 3.84. The summed E-state index contributed by atoms with van der Waals surface area (Å²) < 4.78 is 0. The molecule has 2 heterocycles. The van der Waals surface area contributed by atoms with E-state index in [0.29, 0.717) is 11.4 Å². The van der Waals surface area contributed by atoms with Gasteiger partial charge in [0.15, 0.2) is 0 Å². The fourth-order valence-electron chi connectivity index (χ4n) is 2.83. The number of rotatable bonds is 1. The van der Waals surface area contributed by atoms with Crippen LogP contribution < -0.4 is 16.0 Å². The van der Waals surface area contributed by atoms with E-state index in [1.807, 2.05) is 0 Å². The summed E-state index contributed by atoms with van der Waals surface area (Å²) in [5.41, 5.74) is 7.91. The van der Waals surface area contributed by atoms with Crippen LogP contribution in [0.15, 0.2) is 18.2 Å². The number of fused-ring (bicyclic) bond motifs is 1. The molecule has 0 unspecified atom stereocenters. The third-order valence-electron chi connectivity index (χ3n) is 3.84. The zero-order valence-electron chi connectivity index (χ0n) is 10.7. The molecule has 1 aromatic rings. The molecule has 1 fully saturated rings. The zero-order chi connectivity index (χ0) is 13.4. The highest BCUT2D eigenvalue weighted by Crippen LogP contribution is 2.32. The Balaban J connectivity index is 1.89. The smallest absolute Gasteiger partial charge is 0.238 e. The number of benzene rings is 1. The van der Waals surface area contributed by atoms with Crippen LogP contribution in [0.3, 0.4) is 0 Å². The second-order valence-electron chi connectivity index (χ2n) is 5.16. The molecule has 1 aromatic carbocycles. The molecule has 2 aliphatic heterocycles. The van der Waals surface area contributed by atoms with Crippen molar-refractivity contribution in [1.82, 2.24) is 5.32 Å². The van der Waals surface area contributed by atoms with E-state index in [1.165, 1.54) is 4.90 Å². The normalized spacial score (nSPS) is 19.6. The maximum absolute atomic E-state index is 12.5. The molecule has 19 heavy (non-hydrogen) atoms. The van der Waals surface area contributed by atoms with E-state index in [1.54, 1.807) is 18.2 Å². The van der Waals surface area contributed by atoms with Crippen LogP contribution in [0.25, 0.3) is 0 Å². The maximum atomic E-state index is 12.5. The number of hydrogen-bond acceptors (Lipinski definition) is 4. The Morgan fingerprint density at radius 3 is 2.79 bits per heavy atom. The summed E-state index contributed by atoms with van der Waals surface area (Å²) in [6, 6.07) is 5.29. The number of amides is 2. The molecule has 2 aliphatic rings. The maximum Gasteiger partial charge on any atom is 0.238 e. The first kappa shape index (κ1) is 12.2. The van der Waals surface area contributed by atoms with Crippen LogP contribution in [0, 0.1) is 5.92 Å². The van der Waals surface area contributed by atoms with Gasteiger partial charge >= 0.3 is 0 Å². The number of hydrogen-bond donors (Lipinski definition) is 2. The zero-order valence-corrected chi connectivity index (χ0v) is 10.7. The topological polar surface area (TPSA) is 75.4 Å². The number of nitrogens with two attached hydrogens (primary N) is 1. The third kappa shape index (κ3) is 2.10. The van der Waals surface area contributed by atoms with Gasteiger partial charge in [0.2, 0.25) is 11.8 Å². The SMILES string of the molecule is Nc1ccc2c(c1)CC(=O)N2C(=O)C1CCNCC1. The van der Waals surface area contributed by atoms with Gasteiger partial charge in [-0.2, -0.15) is 0 Å². The van der Waals surface area contributed by atoms with Crippen LogP contribution >= 0.6 is 0 Å². The monoisotopic (exact) mass is 259 g/mol. The largest absolute Gasteiger partial charge is 0.399 e. The number of nitrogens with zero attached hydrogens (tertiary/aromatic N) is 1. The van der Waals surface area contributed by atoms with Crippen molar-refractivity contribution < 1.29 is 9.59 Å². The predicted molar refractivity (Wildman–Crippen MR) is 72.6 cm³/mol. The molecular formula is C14H17N3O2. The highest BCUT2D eigenvalue weighted by atomic mass is 16.2. The average Bonchev–Trinajstić information content (AvgIpc) is 2.74. The van der Waals surface area contributed by atoms with Crippen LogP contribution in [-0.2, 0) is 16.0 Å².